The fraction of sp³-hybridized carbons (Fsp3) is 0.929. The lowest BCUT2D eigenvalue weighted by Gasteiger charge is -2.17. The molecule has 1 amide bonds. The molecule has 0 aliphatic carbocycles. The molecule has 0 fully saturated rings. The summed E-state index contributed by atoms with van der Waals surface area (Å²) in [6.45, 7) is 6.57. The SMILES string of the molecule is CC(C)CP(O)(=S)OCCCCCCNC(=O)C(C)C. The summed E-state index contributed by atoms with van der Waals surface area (Å²) >= 11 is 5.09. The number of carbonyl (C=O) groups excluding carboxylic acids is 1. The van der Waals surface area contributed by atoms with E-state index in [-0.39, 0.29) is 11.8 Å². The second-order valence-electron chi connectivity index (χ2n) is 5.91. The minimum absolute atomic E-state index is 0.0538. The third kappa shape index (κ3) is 11.8. The van der Waals surface area contributed by atoms with E-state index in [1.165, 1.54) is 0 Å². The average molecular weight is 323 g/mol. The van der Waals surface area contributed by atoms with Crippen LogP contribution in [-0.4, -0.2) is 30.1 Å². The fourth-order valence-corrected chi connectivity index (χ4v) is 4.28. The van der Waals surface area contributed by atoms with Gasteiger partial charge in [-0.25, -0.2) is 0 Å². The van der Waals surface area contributed by atoms with E-state index >= 15 is 0 Å². The molecule has 1 unspecified atom stereocenters. The Morgan fingerprint density at radius 2 is 1.80 bits per heavy atom. The molecule has 0 rings (SSSR count). The molecule has 120 valence electrons. The summed E-state index contributed by atoms with van der Waals surface area (Å²) in [7, 11) is 0. The molecular weight excluding hydrogens is 293 g/mol. The van der Waals surface area contributed by atoms with Gasteiger partial charge in [-0.2, -0.15) is 0 Å². The first-order valence-corrected chi connectivity index (χ1v) is 10.3. The van der Waals surface area contributed by atoms with Crippen LogP contribution >= 0.6 is 6.49 Å². The van der Waals surface area contributed by atoms with Gasteiger partial charge in [0.25, 0.3) is 0 Å². The third-order valence-corrected chi connectivity index (χ3v) is 5.32. The van der Waals surface area contributed by atoms with E-state index in [1.54, 1.807) is 0 Å². The van der Waals surface area contributed by atoms with Gasteiger partial charge >= 0.3 is 0 Å². The summed E-state index contributed by atoms with van der Waals surface area (Å²) in [6.07, 6.45) is 4.57. The lowest BCUT2D eigenvalue weighted by Crippen LogP contribution is -2.28. The quantitative estimate of drug-likeness (QED) is 0.452. The maximum absolute atomic E-state index is 11.3. The molecule has 20 heavy (non-hydrogen) atoms. The molecule has 0 heterocycles. The van der Waals surface area contributed by atoms with Crippen molar-refractivity contribution >= 4 is 24.2 Å². The van der Waals surface area contributed by atoms with Crippen molar-refractivity contribution in [1.29, 1.82) is 0 Å². The Morgan fingerprint density at radius 3 is 2.35 bits per heavy atom. The molecule has 0 spiro atoms. The normalized spacial score (nSPS) is 14.6. The fourth-order valence-electron chi connectivity index (χ4n) is 1.72. The number of hydrogen-bond donors (Lipinski definition) is 2. The van der Waals surface area contributed by atoms with E-state index in [0.717, 1.165) is 32.2 Å². The summed E-state index contributed by atoms with van der Waals surface area (Å²) in [5, 5.41) is 2.90. The molecule has 0 aliphatic rings. The van der Waals surface area contributed by atoms with Crippen LogP contribution in [0.25, 0.3) is 0 Å². The van der Waals surface area contributed by atoms with Crippen molar-refractivity contribution in [1.82, 2.24) is 5.32 Å². The zero-order valence-electron chi connectivity index (χ0n) is 13.2. The van der Waals surface area contributed by atoms with Gasteiger partial charge in [-0.15, -0.1) is 0 Å². The van der Waals surface area contributed by atoms with E-state index in [9.17, 15) is 9.69 Å². The van der Waals surface area contributed by atoms with Crippen LogP contribution in [0.15, 0.2) is 0 Å². The molecule has 0 aliphatic heterocycles. The zero-order chi connectivity index (χ0) is 15.6. The third-order valence-electron chi connectivity index (χ3n) is 2.78. The molecule has 0 radical (unpaired) electrons. The van der Waals surface area contributed by atoms with Crippen molar-refractivity contribution in [2.45, 2.75) is 53.4 Å². The summed E-state index contributed by atoms with van der Waals surface area (Å²) in [6, 6.07) is 0. The monoisotopic (exact) mass is 323 g/mol. The molecule has 0 aromatic heterocycles. The van der Waals surface area contributed by atoms with Gasteiger partial charge in [0, 0.05) is 18.6 Å². The number of hydrogen-bond acceptors (Lipinski definition) is 3. The van der Waals surface area contributed by atoms with E-state index < -0.39 is 6.49 Å². The van der Waals surface area contributed by atoms with Crippen LogP contribution in [0.3, 0.4) is 0 Å². The van der Waals surface area contributed by atoms with Crippen molar-refractivity contribution < 1.29 is 14.2 Å². The Hall–Kier alpha value is 0.0400. The summed E-state index contributed by atoms with van der Waals surface area (Å²) in [4.78, 5) is 21.2. The van der Waals surface area contributed by atoms with Gasteiger partial charge < -0.3 is 14.7 Å². The molecule has 6 heteroatoms. The van der Waals surface area contributed by atoms with Crippen molar-refractivity contribution in [3.8, 4) is 0 Å². The topological polar surface area (TPSA) is 58.6 Å². The van der Waals surface area contributed by atoms with Crippen LogP contribution in [0.5, 0.6) is 0 Å². The second kappa shape index (κ2) is 10.7. The van der Waals surface area contributed by atoms with E-state index in [4.69, 9.17) is 16.3 Å². The van der Waals surface area contributed by atoms with E-state index in [2.05, 4.69) is 5.32 Å². The Balaban J connectivity index is 3.45. The van der Waals surface area contributed by atoms with Gasteiger partial charge in [0.1, 0.15) is 0 Å². The lowest BCUT2D eigenvalue weighted by molar-refractivity contribution is -0.123. The van der Waals surface area contributed by atoms with E-state index in [0.29, 0.717) is 18.7 Å². The Kier molecular flexibility index (Phi) is 10.7. The first kappa shape index (κ1) is 20.0. The van der Waals surface area contributed by atoms with E-state index in [1.807, 2.05) is 27.7 Å². The Bertz CT molecular complexity index is 322. The van der Waals surface area contributed by atoms with Gasteiger partial charge in [-0.05, 0) is 30.6 Å². The highest BCUT2D eigenvalue weighted by molar-refractivity contribution is 8.09. The van der Waals surface area contributed by atoms with Gasteiger partial charge in [0.05, 0.1) is 6.61 Å². The molecule has 0 saturated heterocycles. The number of rotatable bonds is 11. The summed E-state index contributed by atoms with van der Waals surface area (Å²) < 4.78 is 5.43. The van der Waals surface area contributed by atoms with Gasteiger partial charge in [-0.3, -0.25) is 4.79 Å². The highest BCUT2D eigenvalue weighted by atomic mass is 32.5. The number of carbonyl (C=O) groups is 1. The van der Waals surface area contributed by atoms with Crippen molar-refractivity contribution in [3.05, 3.63) is 0 Å². The van der Waals surface area contributed by atoms with Crippen LogP contribution in [0.2, 0.25) is 0 Å². The summed E-state index contributed by atoms with van der Waals surface area (Å²) in [5.41, 5.74) is 0. The molecule has 0 bridgehead atoms. The Morgan fingerprint density at radius 1 is 1.20 bits per heavy atom. The lowest BCUT2D eigenvalue weighted by atomic mass is 10.2. The standard InChI is InChI=1S/C14H30NO3PS/c1-12(2)11-19(17,20)18-10-8-6-5-7-9-15-14(16)13(3)4/h12-13H,5-11H2,1-4H3,(H,15,16)(H,17,20). The maximum atomic E-state index is 11.3. The molecular formula is C14H30NO3PS. The second-order valence-corrected chi connectivity index (χ2v) is 9.52. The largest absolute Gasteiger partial charge is 0.356 e. The van der Waals surface area contributed by atoms with Gasteiger partial charge in [-0.1, -0.05) is 40.5 Å². The number of nitrogens with one attached hydrogen (secondary N) is 1. The smallest absolute Gasteiger partial charge is 0.222 e. The summed E-state index contributed by atoms with van der Waals surface area (Å²) in [5.74, 6) is 0.538. The number of amides is 1. The highest BCUT2D eigenvalue weighted by Gasteiger charge is 2.15. The zero-order valence-corrected chi connectivity index (χ0v) is 14.9. The average Bonchev–Trinajstić information content (AvgIpc) is 2.30. The first-order valence-electron chi connectivity index (χ1n) is 7.48. The molecule has 0 aromatic carbocycles. The van der Waals surface area contributed by atoms with Crippen LogP contribution in [0.4, 0.5) is 0 Å². The van der Waals surface area contributed by atoms with Crippen molar-refractivity contribution in [3.63, 3.8) is 0 Å². The molecule has 0 saturated carbocycles. The van der Waals surface area contributed by atoms with Crippen LogP contribution in [0.1, 0.15) is 53.4 Å². The maximum Gasteiger partial charge on any atom is 0.222 e. The number of unbranched alkanes of at least 4 members (excludes halogenated alkanes) is 3. The van der Waals surface area contributed by atoms with Gasteiger partial charge in [0.2, 0.25) is 5.91 Å². The first-order chi connectivity index (χ1) is 9.24. The minimum Gasteiger partial charge on any atom is -0.356 e. The predicted octanol–water partition coefficient (Wildman–Crippen LogP) is 3.29. The predicted molar refractivity (Wildman–Crippen MR) is 88.5 cm³/mol. The highest BCUT2D eigenvalue weighted by Crippen LogP contribution is 2.44. The van der Waals surface area contributed by atoms with Gasteiger partial charge in [0.15, 0.2) is 6.49 Å². The molecule has 1 atom stereocenters. The minimum atomic E-state index is -2.56. The Labute approximate surface area is 128 Å². The van der Waals surface area contributed by atoms with Crippen LogP contribution < -0.4 is 5.32 Å². The van der Waals surface area contributed by atoms with Crippen LogP contribution in [-0.2, 0) is 21.1 Å². The van der Waals surface area contributed by atoms with Crippen LogP contribution in [0, 0.1) is 11.8 Å². The van der Waals surface area contributed by atoms with Crippen molar-refractivity contribution in [2.24, 2.45) is 11.8 Å². The molecule has 0 aromatic rings. The molecule has 4 nitrogen and oxygen atoms in total. The molecule has 2 N–H and O–H groups in total. The van der Waals surface area contributed by atoms with Crippen molar-refractivity contribution in [2.75, 3.05) is 19.3 Å².